The molecule has 0 atom stereocenters. The molecule has 0 N–H and O–H groups in total. The Bertz CT molecular complexity index is 862. The first-order valence-corrected chi connectivity index (χ1v) is 8.60. The van der Waals surface area contributed by atoms with Crippen molar-refractivity contribution in [2.45, 2.75) is 13.5 Å². The van der Waals surface area contributed by atoms with E-state index in [9.17, 15) is 18.4 Å². The molecule has 29 heavy (non-hydrogen) atoms. The number of rotatable bonds is 10. The third-order valence-corrected chi connectivity index (χ3v) is 3.66. The van der Waals surface area contributed by atoms with Crippen LogP contribution in [0.2, 0.25) is 0 Å². The molecule has 8 heteroatoms. The fourth-order valence-corrected chi connectivity index (χ4v) is 2.33. The molecule has 0 saturated heterocycles. The van der Waals surface area contributed by atoms with E-state index >= 15 is 0 Å². The SMILES string of the molecule is C/C=C/c1ccc(OCC(=O)OCC(=O)c2ccc(OC(F)F)cc2)c(OC)c1. The number of ether oxygens (including phenoxy) is 4. The average molecular weight is 406 g/mol. The Morgan fingerprint density at radius 3 is 2.38 bits per heavy atom. The number of hydrogen-bond acceptors (Lipinski definition) is 6. The molecule has 154 valence electrons. The van der Waals surface area contributed by atoms with E-state index in [-0.39, 0.29) is 11.3 Å². The average Bonchev–Trinajstić information content (AvgIpc) is 2.71. The van der Waals surface area contributed by atoms with Crippen LogP contribution in [-0.4, -0.2) is 38.7 Å². The summed E-state index contributed by atoms with van der Waals surface area (Å²) in [6.07, 6.45) is 3.77. The first kappa shape index (κ1) is 21.9. The summed E-state index contributed by atoms with van der Waals surface area (Å²) >= 11 is 0. The second kappa shape index (κ2) is 10.8. The lowest BCUT2D eigenvalue weighted by Crippen LogP contribution is -2.19. The number of carbonyl (C=O) groups is 2. The molecule has 0 aliphatic heterocycles. The number of ketones is 1. The van der Waals surface area contributed by atoms with Crippen LogP contribution in [0.3, 0.4) is 0 Å². The predicted molar refractivity (Wildman–Crippen MR) is 102 cm³/mol. The van der Waals surface area contributed by atoms with Crippen LogP contribution in [0.4, 0.5) is 8.78 Å². The number of halogens is 2. The largest absolute Gasteiger partial charge is 0.493 e. The molecule has 0 bridgehead atoms. The van der Waals surface area contributed by atoms with E-state index in [0.29, 0.717) is 11.5 Å². The van der Waals surface area contributed by atoms with Gasteiger partial charge in [0, 0.05) is 5.56 Å². The number of allylic oxidation sites excluding steroid dienone is 1. The van der Waals surface area contributed by atoms with Gasteiger partial charge in [-0.05, 0) is 48.9 Å². The number of methoxy groups -OCH3 is 1. The summed E-state index contributed by atoms with van der Waals surface area (Å²) in [4.78, 5) is 23.9. The minimum Gasteiger partial charge on any atom is -0.493 e. The maximum atomic E-state index is 12.1. The molecule has 0 heterocycles. The van der Waals surface area contributed by atoms with Gasteiger partial charge in [0.1, 0.15) is 5.75 Å². The molecule has 2 aromatic carbocycles. The fourth-order valence-electron chi connectivity index (χ4n) is 2.33. The van der Waals surface area contributed by atoms with Crippen molar-refractivity contribution < 1.29 is 37.3 Å². The molecular weight excluding hydrogens is 386 g/mol. The highest BCUT2D eigenvalue weighted by atomic mass is 19.3. The van der Waals surface area contributed by atoms with E-state index in [0.717, 1.165) is 5.56 Å². The Kier molecular flexibility index (Phi) is 8.14. The standard InChI is InChI=1S/C21H20F2O6/c1-3-4-14-5-10-18(19(11-14)26-2)27-13-20(25)28-12-17(24)15-6-8-16(9-7-15)29-21(22)23/h3-11,21H,12-13H2,1-2H3/b4-3+. The summed E-state index contributed by atoms with van der Waals surface area (Å²) in [5, 5.41) is 0. The van der Waals surface area contributed by atoms with Gasteiger partial charge in [0.25, 0.3) is 0 Å². The van der Waals surface area contributed by atoms with Crippen molar-refractivity contribution in [1.82, 2.24) is 0 Å². The quantitative estimate of drug-likeness (QED) is 0.436. The van der Waals surface area contributed by atoms with Crippen molar-refractivity contribution in [3.63, 3.8) is 0 Å². The molecule has 0 aliphatic carbocycles. The Balaban J connectivity index is 1.84. The van der Waals surface area contributed by atoms with E-state index in [2.05, 4.69) is 4.74 Å². The van der Waals surface area contributed by atoms with Gasteiger partial charge in [-0.1, -0.05) is 18.2 Å². The van der Waals surface area contributed by atoms with E-state index in [1.54, 1.807) is 18.2 Å². The summed E-state index contributed by atoms with van der Waals surface area (Å²) in [5.41, 5.74) is 1.11. The van der Waals surface area contributed by atoms with E-state index in [1.807, 2.05) is 19.1 Å². The second-order valence-corrected chi connectivity index (χ2v) is 5.69. The molecule has 0 unspecified atom stereocenters. The van der Waals surface area contributed by atoms with Crippen LogP contribution in [0.15, 0.2) is 48.5 Å². The van der Waals surface area contributed by atoms with Gasteiger partial charge in [0.2, 0.25) is 0 Å². The maximum Gasteiger partial charge on any atom is 0.387 e. The molecule has 0 amide bonds. The first-order chi connectivity index (χ1) is 13.9. The molecule has 6 nitrogen and oxygen atoms in total. The Hall–Kier alpha value is -3.42. The van der Waals surface area contributed by atoms with E-state index < -0.39 is 31.6 Å². The van der Waals surface area contributed by atoms with Crippen LogP contribution in [0.25, 0.3) is 6.08 Å². The van der Waals surface area contributed by atoms with Crippen LogP contribution in [-0.2, 0) is 9.53 Å². The zero-order valence-electron chi connectivity index (χ0n) is 15.9. The smallest absolute Gasteiger partial charge is 0.387 e. The van der Waals surface area contributed by atoms with Gasteiger partial charge in [-0.25, -0.2) is 4.79 Å². The number of benzene rings is 2. The van der Waals surface area contributed by atoms with Crippen LogP contribution >= 0.6 is 0 Å². The minimum atomic E-state index is -2.95. The molecule has 0 radical (unpaired) electrons. The zero-order valence-corrected chi connectivity index (χ0v) is 15.9. The van der Waals surface area contributed by atoms with Crippen molar-refractivity contribution in [2.75, 3.05) is 20.3 Å². The van der Waals surface area contributed by atoms with Crippen LogP contribution in [0.5, 0.6) is 17.2 Å². The number of carbonyl (C=O) groups excluding carboxylic acids is 2. The lowest BCUT2D eigenvalue weighted by molar-refractivity contribution is -0.144. The lowest BCUT2D eigenvalue weighted by Gasteiger charge is -2.11. The number of Topliss-reactive ketones (excluding diaryl/α,β-unsaturated/α-hetero) is 1. The van der Waals surface area contributed by atoms with E-state index in [4.69, 9.17) is 14.2 Å². The zero-order chi connectivity index (χ0) is 21.2. The minimum absolute atomic E-state index is 0.0728. The lowest BCUT2D eigenvalue weighted by atomic mass is 10.1. The highest BCUT2D eigenvalue weighted by Crippen LogP contribution is 2.28. The Labute approximate surface area is 166 Å². The Morgan fingerprint density at radius 1 is 1.03 bits per heavy atom. The molecule has 2 aromatic rings. The summed E-state index contributed by atoms with van der Waals surface area (Å²) in [6.45, 7) is -1.97. The highest BCUT2D eigenvalue weighted by Gasteiger charge is 2.13. The maximum absolute atomic E-state index is 12.1. The third-order valence-electron chi connectivity index (χ3n) is 3.66. The van der Waals surface area contributed by atoms with Gasteiger partial charge in [0.15, 0.2) is 30.5 Å². The van der Waals surface area contributed by atoms with Crippen molar-refractivity contribution in [1.29, 1.82) is 0 Å². The Morgan fingerprint density at radius 2 is 1.76 bits per heavy atom. The molecule has 0 saturated carbocycles. The van der Waals surface area contributed by atoms with Gasteiger partial charge >= 0.3 is 12.6 Å². The monoisotopic (exact) mass is 406 g/mol. The van der Waals surface area contributed by atoms with Crippen molar-refractivity contribution in [3.05, 3.63) is 59.7 Å². The van der Waals surface area contributed by atoms with Gasteiger partial charge in [-0.3, -0.25) is 4.79 Å². The number of alkyl halides is 2. The molecule has 0 aromatic heterocycles. The van der Waals surface area contributed by atoms with E-state index in [1.165, 1.54) is 31.4 Å². The molecule has 0 spiro atoms. The van der Waals surface area contributed by atoms with Gasteiger partial charge in [0.05, 0.1) is 7.11 Å². The van der Waals surface area contributed by atoms with Crippen LogP contribution in [0.1, 0.15) is 22.8 Å². The van der Waals surface area contributed by atoms with Crippen LogP contribution in [0, 0.1) is 0 Å². The van der Waals surface area contributed by atoms with Gasteiger partial charge in [-0.2, -0.15) is 8.78 Å². The summed E-state index contributed by atoms with van der Waals surface area (Å²) < 4.78 is 44.0. The molecule has 0 aliphatic rings. The van der Waals surface area contributed by atoms with Crippen molar-refractivity contribution in [3.8, 4) is 17.2 Å². The van der Waals surface area contributed by atoms with Crippen molar-refractivity contribution >= 4 is 17.8 Å². The normalized spacial score (nSPS) is 10.8. The van der Waals surface area contributed by atoms with Crippen LogP contribution < -0.4 is 14.2 Å². The third kappa shape index (κ3) is 6.91. The highest BCUT2D eigenvalue weighted by molar-refractivity contribution is 5.98. The summed E-state index contributed by atoms with van der Waals surface area (Å²) in [6, 6.07) is 10.3. The van der Waals surface area contributed by atoms with Gasteiger partial charge in [-0.15, -0.1) is 0 Å². The number of esters is 1. The predicted octanol–water partition coefficient (Wildman–Crippen LogP) is 4.13. The summed E-state index contributed by atoms with van der Waals surface area (Å²) in [5.74, 6) is -0.489. The first-order valence-electron chi connectivity index (χ1n) is 8.60. The topological polar surface area (TPSA) is 71.1 Å². The molecule has 2 rings (SSSR count). The number of hydrogen-bond donors (Lipinski definition) is 0. The second-order valence-electron chi connectivity index (χ2n) is 5.69. The van der Waals surface area contributed by atoms with Crippen molar-refractivity contribution in [2.24, 2.45) is 0 Å². The summed E-state index contributed by atoms with van der Waals surface area (Å²) in [7, 11) is 1.48. The molecular formula is C21H20F2O6. The molecule has 0 fully saturated rings. The van der Waals surface area contributed by atoms with Gasteiger partial charge < -0.3 is 18.9 Å². The fraction of sp³-hybridized carbons (Fsp3) is 0.238.